The highest BCUT2D eigenvalue weighted by Gasteiger charge is 2.07. The summed E-state index contributed by atoms with van der Waals surface area (Å²) in [5.41, 5.74) is 2.86. The number of carbonyl (C=O) groups is 1. The predicted octanol–water partition coefficient (Wildman–Crippen LogP) is 3.72. The van der Waals surface area contributed by atoms with Crippen molar-refractivity contribution < 1.29 is 4.79 Å². The van der Waals surface area contributed by atoms with Crippen LogP contribution in [0.3, 0.4) is 0 Å². The third-order valence-electron chi connectivity index (χ3n) is 3.13. The highest BCUT2D eigenvalue weighted by atomic mass is 32.2. The van der Waals surface area contributed by atoms with E-state index in [0.29, 0.717) is 11.0 Å². The first-order valence-corrected chi connectivity index (χ1v) is 8.16. The Morgan fingerprint density at radius 1 is 1.17 bits per heavy atom. The van der Waals surface area contributed by atoms with E-state index >= 15 is 0 Å². The van der Waals surface area contributed by atoms with Crippen molar-refractivity contribution in [2.75, 3.05) is 5.32 Å². The highest BCUT2D eigenvalue weighted by Crippen LogP contribution is 2.23. The number of hydrogen-bond donors (Lipinski definition) is 2. The quantitative estimate of drug-likeness (QED) is 0.702. The van der Waals surface area contributed by atoms with Gasteiger partial charge in [-0.3, -0.25) is 9.89 Å². The average Bonchev–Trinajstić information content (AvgIpc) is 3.03. The Balaban J connectivity index is 1.70. The molecule has 6 heteroatoms. The van der Waals surface area contributed by atoms with Gasteiger partial charge in [0.2, 0.25) is 11.1 Å². The maximum atomic E-state index is 11.1. The van der Waals surface area contributed by atoms with Gasteiger partial charge in [0.25, 0.3) is 0 Å². The summed E-state index contributed by atoms with van der Waals surface area (Å²) in [7, 11) is 0. The van der Waals surface area contributed by atoms with Crippen LogP contribution in [0.1, 0.15) is 12.5 Å². The van der Waals surface area contributed by atoms with Gasteiger partial charge in [-0.25, -0.2) is 4.98 Å². The van der Waals surface area contributed by atoms with Gasteiger partial charge in [-0.15, -0.1) is 5.10 Å². The number of rotatable bonds is 5. The number of anilines is 1. The molecule has 2 N–H and O–H groups in total. The number of hydrogen-bond acceptors (Lipinski definition) is 4. The summed E-state index contributed by atoms with van der Waals surface area (Å²) in [6.07, 6.45) is 0. The van der Waals surface area contributed by atoms with E-state index in [1.54, 1.807) is 11.8 Å². The Morgan fingerprint density at radius 3 is 2.78 bits per heavy atom. The van der Waals surface area contributed by atoms with Crippen molar-refractivity contribution in [3.05, 3.63) is 60.2 Å². The fourth-order valence-electron chi connectivity index (χ4n) is 2.11. The van der Waals surface area contributed by atoms with Crippen molar-refractivity contribution in [2.45, 2.75) is 17.8 Å². The average molecular weight is 324 g/mol. The first-order valence-electron chi connectivity index (χ1n) is 7.18. The number of carbonyl (C=O) groups excluding carboxylic acids is 1. The second-order valence-electron chi connectivity index (χ2n) is 5.00. The van der Waals surface area contributed by atoms with Crippen LogP contribution in [-0.2, 0) is 10.5 Å². The Labute approximate surface area is 138 Å². The summed E-state index contributed by atoms with van der Waals surface area (Å²) >= 11 is 1.58. The Kier molecular flexibility index (Phi) is 4.73. The molecular formula is C17H16N4OS. The van der Waals surface area contributed by atoms with Crippen molar-refractivity contribution >= 4 is 23.4 Å². The number of H-pyrrole nitrogens is 1. The van der Waals surface area contributed by atoms with E-state index in [0.717, 1.165) is 17.0 Å². The Hall–Kier alpha value is -2.60. The number of aromatic amines is 1. The molecular weight excluding hydrogens is 308 g/mol. The Morgan fingerprint density at radius 2 is 2.00 bits per heavy atom. The maximum absolute atomic E-state index is 11.1. The van der Waals surface area contributed by atoms with E-state index in [1.807, 2.05) is 42.5 Å². The van der Waals surface area contributed by atoms with Gasteiger partial charge in [-0.2, -0.15) is 0 Å². The lowest BCUT2D eigenvalue weighted by Crippen LogP contribution is -2.05. The van der Waals surface area contributed by atoms with Gasteiger partial charge in [-0.1, -0.05) is 54.2 Å². The molecule has 0 aliphatic rings. The van der Waals surface area contributed by atoms with Crippen molar-refractivity contribution in [3.63, 3.8) is 0 Å². The minimum absolute atomic E-state index is 0.0983. The summed E-state index contributed by atoms with van der Waals surface area (Å²) in [6.45, 7) is 1.49. The van der Waals surface area contributed by atoms with E-state index in [9.17, 15) is 4.79 Å². The molecule has 1 aromatic heterocycles. The molecule has 5 nitrogen and oxygen atoms in total. The SMILES string of the molecule is CC(=O)Nc1cccc(-c2nc(SCc3ccccc3)n[nH]2)c1. The second-order valence-corrected chi connectivity index (χ2v) is 5.95. The van der Waals surface area contributed by atoms with Crippen LogP contribution in [0.25, 0.3) is 11.4 Å². The number of benzene rings is 2. The molecule has 23 heavy (non-hydrogen) atoms. The van der Waals surface area contributed by atoms with Crippen LogP contribution < -0.4 is 5.32 Å². The van der Waals surface area contributed by atoms with Crippen LogP contribution >= 0.6 is 11.8 Å². The normalized spacial score (nSPS) is 10.5. The molecule has 3 rings (SSSR count). The first kappa shape index (κ1) is 15.3. The summed E-state index contributed by atoms with van der Waals surface area (Å²) < 4.78 is 0. The standard InChI is InChI=1S/C17H16N4OS/c1-12(22)18-15-9-5-8-14(10-15)16-19-17(21-20-16)23-11-13-6-3-2-4-7-13/h2-10H,11H2,1H3,(H,18,22)(H,19,20,21). The zero-order valence-corrected chi connectivity index (χ0v) is 13.4. The third-order valence-corrected chi connectivity index (χ3v) is 4.05. The number of nitrogens with zero attached hydrogens (tertiary/aromatic N) is 2. The van der Waals surface area contributed by atoms with Gasteiger partial charge in [-0.05, 0) is 17.7 Å². The van der Waals surface area contributed by atoms with Crippen molar-refractivity contribution in [3.8, 4) is 11.4 Å². The van der Waals surface area contributed by atoms with Gasteiger partial charge in [0.15, 0.2) is 5.82 Å². The minimum Gasteiger partial charge on any atom is -0.326 e. The molecule has 1 amide bonds. The monoisotopic (exact) mass is 324 g/mol. The van der Waals surface area contributed by atoms with E-state index in [-0.39, 0.29) is 5.91 Å². The smallest absolute Gasteiger partial charge is 0.221 e. The van der Waals surface area contributed by atoms with Gasteiger partial charge in [0, 0.05) is 23.9 Å². The molecule has 1 heterocycles. The van der Waals surface area contributed by atoms with Crippen LogP contribution in [0.2, 0.25) is 0 Å². The molecule has 0 spiro atoms. The van der Waals surface area contributed by atoms with Gasteiger partial charge < -0.3 is 5.32 Å². The molecule has 2 aromatic carbocycles. The lowest BCUT2D eigenvalue weighted by molar-refractivity contribution is -0.114. The molecule has 0 unspecified atom stereocenters. The molecule has 0 radical (unpaired) electrons. The van der Waals surface area contributed by atoms with E-state index < -0.39 is 0 Å². The van der Waals surface area contributed by atoms with Crippen LogP contribution in [0.15, 0.2) is 59.8 Å². The van der Waals surface area contributed by atoms with Crippen molar-refractivity contribution in [2.24, 2.45) is 0 Å². The molecule has 3 aromatic rings. The molecule has 0 bridgehead atoms. The second kappa shape index (κ2) is 7.11. The number of amides is 1. The van der Waals surface area contributed by atoms with E-state index in [1.165, 1.54) is 12.5 Å². The number of aromatic nitrogens is 3. The van der Waals surface area contributed by atoms with E-state index in [4.69, 9.17) is 0 Å². The zero-order chi connectivity index (χ0) is 16.1. The summed E-state index contributed by atoms with van der Waals surface area (Å²) in [5.74, 6) is 1.41. The summed E-state index contributed by atoms with van der Waals surface area (Å²) in [4.78, 5) is 15.6. The van der Waals surface area contributed by atoms with Crippen molar-refractivity contribution in [1.82, 2.24) is 15.2 Å². The van der Waals surface area contributed by atoms with Gasteiger partial charge >= 0.3 is 0 Å². The molecule has 0 atom stereocenters. The zero-order valence-electron chi connectivity index (χ0n) is 12.6. The molecule has 0 saturated carbocycles. The molecule has 0 saturated heterocycles. The third kappa shape index (κ3) is 4.20. The number of nitrogens with one attached hydrogen (secondary N) is 2. The van der Waals surface area contributed by atoms with Crippen molar-refractivity contribution in [1.29, 1.82) is 0 Å². The lowest BCUT2D eigenvalue weighted by atomic mass is 10.2. The predicted molar refractivity (Wildman–Crippen MR) is 92.1 cm³/mol. The molecule has 0 aliphatic carbocycles. The van der Waals surface area contributed by atoms with Crippen LogP contribution in [-0.4, -0.2) is 21.1 Å². The van der Waals surface area contributed by atoms with Crippen LogP contribution in [0.4, 0.5) is 5.69 Å². The molecule has 0 aliphatic heterocycles. The fourth-order valence-corrected chi connectivity index (χ4v) is 2.86. The summed E-state index contributed by atoms with van der Waals surface area (Å²) in [6, 6.07) is 17.7. The lowest BCUT2D eigenvalue weighted by Gasteiger charge is -2.03. The largest absolute Gasteiger partial charge is 0.326 e. The number of thioether (sulfide) groups is 1. The molecule has 0 fully saturated rings. The van der Waals surface area contributed by atoms with E-state index in [2.05, 4.69) is 32.6 Å². The van der Waals surface area contributed by atoms with Crippen LogP contribution in [0, 0.1) is 0 Å². The summed E-state index contributed by atoms with van der Waals surface area (Å²) in [5, 5.41) is 10.6. The topological polar surface area (TPSA) is 70.7 Å². The first-order chi connectivity index (χ1) is 11.2. The van der Waals surface area contributed by atoms with Gasteiger partial charge in [0.05, 0.1) is 0 Å². The highest BCUT2D eigenvalue weighted by molar-refractivity contribution is 7.98. The fraction of sp³-hybridized carbons (Fsp3) is 0.118. The molecule has 116 valence electrons. The maximum Gasteiger partial charge on any atom is 0.221 e. The minimum atomic E-state index is -0.0983. The Bertz CT molecular complexity index is 801. The van der Waals surface area contributed by atoms with Gasteiger partial charge in [0.1, 0.15) is 0 Å². The van der Waals surface area contributed by atoms with Crippen LogP contribution in [0.5, 0.6) is 0 Å².